The summed E-state index contributed by atoms with van der Waals surface area (Å²) in [5.41, 5.74) is 3.03. The van der Waals surface area contributed by atoms with Crippen molar-refractivity contribution in [2.45, 2.75) is 26.0 Å². The van der Waals surface area contributed by atoms with E-state index >= 15 is 0 Å². The van der Waals surface area contributed by atoms with Crippen molar-refractivity contribution in [3.05, 3.63) is 95.6 Å². The van der Waals surface area contributed by atoms with E-state index in [9.17, 15) is 9.59 Å². The Morgan fingerprint density at radius 2 is 1.67 bits per heavy atom. The first-order chi connectivity index (χ1) is 18.8. The number of halogens is 1. The fourth-order valence-corrected chi connectivity index (χ4v) is 4.48. The molecule has 0 aliphatic rings. The molecule has 0 radical (unpaired) electrons. The minimum Gasteiger partial charge on any atom is -0.495 e. The van der Waals surface area contributed by atoms with Gasteiger partial charge in [0.15, 0.2) is 6.10 Å². The van der Waals surface area contributed by atoms with E-state index in [2.05, 4.69) is 5.32 Å². The topological polar surface area (TPSA) is 85.7 Å². The average molecular weight is 547 g/mol. The van der Waals surface area contributed by atoms with Gasteiger partial charge in [0.25, 0.3) is 5.91 Å². The van der Waals surface area contributed by atoms with E-state index in [0.717, 1.165) is 11.3 Å². The summed E-state index contributed by atoms with van der Waals surface area (Å²) in [6.45, 7) is 3.50. The second-order valence-corrected chi connectivity index (χ2v) is 9.55. The van der Waals surface area contributed by atoms with Crippen LogP contribution < -0.4 is 10.1 Å². The van der Waals surface area contributed by atoms with Crippen molar-refractivity contribution in [3.63, 3.8) is 0 Å². The molecular weight excluding hydrogens is 516 g/mol. The standard InChI is InChI=1S/C30H31ClN4O4/c1-20(2)34(29(37)28(39-4)22-15-16-26(38-3)24(31)17-22)19-27(36)33-30-32-25(21-11-7-5-8-12-21)18-35(30)23-13-9-6-10-14-23/h5-18,20,28H,19H2,1-4H3,(H,32,33,36). The predicted octanol–water partition coefficient (Wildman–Crippen LogP) is 5.76. The van der Waals surface area contributed by atoms with Gasteiger partial charge < -0.3 is 14.4 Å². The maximum atomic E-state index is 13.6. The van der Waals surface area contributed by atoms with Crippen LogP contribution in [0.3, 0.4) is 0 Å². The fourth-order valence-electron chi connectivity index (χ4n) is 4.21. The Kier molecular flexibility index (Phi) is 9.01. The number of benzene rings is 3. The van der Waals surface area contributed by atoms with Crippen molar-refractivity contribution >= 4 is 29.4 Å². The van der Waals surface area contributed by atoms with E-state index in [1.165, 1.54) is 19.1 Å². The first-order valence-corrected chi connectivity index (χ1v) is 12.9. The molecule has 2 amide bonds. The molecule has 9 heteroatoms. The number of hydrogen-bond donors (Lipinski definition) is 1. The lowest BCUT2D eigenvalue weighted by molar-refractivity contribution is -0.146. The zero-order chi connectivity index (χ0) is 27.9. The van der Waals surface area contributed by atoms with Crippen LogP contribution in [0.25, 0.3) is 16.9 Å². The summed E-state index contributed by atoms with van der Waals surface area (Å²) in [7, 11) is 2.96. The molecule has 1 N–H and O–H groups in total. The SMILES string of the molecule is COc1ccc(C(OC)C(=O)N(CC(=O)Nc2nc(-c3ccccc3)cn2-c2ccccc2)C(C)C)cc1Cl. The number of anilines is 1. The van der Waals surface area contributed by atoms with Crippen LogP contribution in [-0.4, -0.2) is 53.1 Å². The van der Waals surface area contributed by atoms with Crippen LogP contribution in [0.2, 0.25) is 5.02 Å². The molecule has 8 nitrogen and oxygen atoms in total. The smallest absolute Gasteiger partial charge is 0.257 e. The molecule has 4 aromatic rings. The largest absolute Gasteiger partial charge is 0.495 e. The van der Waals surface area contributed by atoms with Crippen LogP contribution in [0.1, 0.15) is 25.5 Å². The molecule has 4 rings (SSSR count). The molecular formula is C30H31ClN4O4. The summed E-state index contributed by atoms with van der Waals surface area (Å²) in [5.74, 6) is 0.0976. The molecule has 0 spiro atoms. The molecule has 1 unspecified atom stereocenters. The zero-order valence-electron chi connectivity index (χ0n) is 22.3. The highest BCUT2D eigenvalue weighted by atomic mass is 35.5. The van der Waals surface area contributed by atoms with E-state index in [4.69, 9.17) is 26.1 Å². The van der Waals surface area contributed by atoms with E-state index in [1.807, 2.05) is 85.3 Å². The van der Waals surface area contributed by atoms with Crippen LogP contribution in [0, 0.1) is 0 Å². The molecule has 1 heterocycles. The van der Waals surface area contributed by atoms with E-state index in [1.54, 1.807) is 18.2 Å². The Bertz CT molecular complexity index is 1420. The molecule has 0 aliphatic heterocycles. The molecule has 202 valence electrons. The number of imidazole rings is 1. The quantitative estimate of drug-likeness (QED) is 0.273. The highest BCUT2D eigenvalue weighted by molar-refractivity contribution is 6.32. The molecule has 0 fully saturated rings. The second-order valence-electron chi connectivity index (χ2n) is 9.14. The van der Waals surface area contributed by atoms with Gasteiger partial charge in [-0.05, 0) is 43.7 Å². The number of amides is 2. The molecule has 0 saturated heterocycles. The summed E-state index contributed by atoms with van der Waals surface area (Å²) in [4.78, 5) is 33.0. The van der Waals surface area contributed by atoms with Gasteiger partial charge in [-0.25, -0.2) is 4.98 Å². The highest BCUT2D eigenvalue weighted by Gasteiger charge is 2.30. The van der Waals surface area contributed by atoms with E-state index in [-0.39, 0.29) is 24.4 Å². The number of rotatable bonds is 10. The number of nitrogens with zero attached hydrogens (tertiary/aromatic N) is 3. The summed E-state index contributed by atoms with van der Waals surface area (Å²) in [6.07, 6.45) is 0.930. The molecule has 3 aromatic carbocycles. The van der Waals surface area contributed by atoms with Crippen LogP contribution in [0.15, 0.2) is 85.1 Å². The van der Waals surface area contributed by atoms with Gasteiger partial charge in [0.1, 0.15) is 12.3 Å². The van der Waals surface area contributed by atoms with Crippen molar-refractivity contribution in [2.24, 2.45) is 0 Å². The summed E-state index contributed by atoms with van der Waals surface area (Å²) >= 11 is 6.28. The fraction of sp³-hybridized carbons (Fsp3) is 0.233. The third kappa shape index (κ3) is 6.47. The van der Waals surface area contributed by atoms with Gasteiger partial charge in [-0.3, -0.25) is 19.5 Å². The maximum Gasteiger partial charge on any atom is 0.257 e. The Balaban J connectivity index is 1.58. The summed E-state index contributed by atoms with van der Waals surface area (Å²) < 4.78 is 12.6. The molecule has 1 aromatic heterocycles. The number of carbonyl (C=O) groups excluding carboxylic acids is 2. The predicted molar refractivity (Wildman–Crippen MR) is 152 cm³/mol. The van der Waals surface area contributed by atoms with Gasteiger partial charge in [0.05, 0.1) is 17.8 Å². The first kappa shape index (κ1) is 27.9. The van der Waals surface area contributed by atoms with Crippen LogP contribution >= 0.6 is 11.6 Å². The lowest BCUT2D eigenvalue weighted by Crippen LogP contribution is -2.45. The molecule has 1 atom stereocenters. The van der Waals surface area contributed by atoms with Gasteiger partial charge in [-0.2, -0.15) is 0 Å². The lowest BCUT2D eigenvalue weighted by atomic mass is 10.1. The van der Waals surface area contributed by atoms with Gasteiger partial charge in [-0.15, -0.1) is 0 Å². The number of aromatic nitrogens is 2. The van der Waals surface area contributed by atoms with Crippen LogP contribution in [-0.2, 0) is 14.3 Å². The molecule has 0 saturated carbocycles. The number of nitrogens with one attached hydrogen (secondary N) is 1. The van der Waals surface area contributed by atoms with Crippen molar-refractivity contribution in [1.82, 2.24) is 14.5 Å². The normalized spacial score (nSPS) is 11.7. The van der Waals surface area contributed by atoms with Crippen molar-refractivity contribution in [3.8, 4) is 22.7 Å². The summed E-state index contributed by atoms with van der Waals surface area (Å²) in [5, 5.41) is 3.26. The Morgan fingerprint density at radius 1 is 1.00 bits per heavy atom. The lowest BCUT2D eigenvalue weighted by Gasteiger charge is -2.30. The monoisotopic (exact) mass is 546 g/mol. The Morgan fingerprint density at radius 3 is 2.26 bits per heavy atom. The van der Waals surface area contributed by atoms with Crippen molar-refractivity contribution in [1.29, 1.82) is 0 Å². The number of methoxy groups -OCH3 is 2. The van der Waals surface area contributed by atoms with Crippen molar-refractivity contribution in [2.75, 3.05) is 26.1 Å². The van der Waals surface area contributed by atoms with Gasteiger partial charge in [0, 0.05) is 30.6 Å². The Labute approximate surface area is 233 Å². The van der Waals surface area contributed by atoms with Crippen molar-refractivity contribution < 1.29 is 19.1 Å². The minimum atomic E-state index is -0.945. The van der Waals surface area contributed by atoms with Crippen LogP contribution in [0.5, 0.6) is 5.75 Å². The third-order valence-electron chi connectivity index (χ3n) is 6.22. The molecule has 0 bridgehead atoms. The zero-order valence-corrected chi connectivity index (χ0v) is 23.1. The minimum absolute atomic E-state index is 0.192. The second kappa shape index (κ2) is 12.6. The Hall–Kier alpha value is -4.14. The highest BCUT2D eigenvalue weighted by Crippen LogP contribution is 2.30. The van der Waals surface area contributed by atoms with Gasteiger partial charge >= 0.3 is 0 Å². The first-order valence-electron chi connectivity index (χ1n) is 12.5. The molecule has 0 aliphatic carbocycles. The number of ether oxygens (including phenoxy) is 2. The van der Waals surface area contributed by atoms with Gasteiger partial charge in [0.2, 0.25) is 11.9 Å². The third-order valence-corrected chi connectivity index (χ3v) is 6.52. The molecule has 39 heavy (non-hydrogen) atoms. The number of carbonyl (C=O) groups is 2. The van der Waals surface area contributed by atoms with E-state index < -0.39 is 6.10 Å². The van der Waals surface area contributed by atoms with Crippen LogP contribution in [0.4, 0.5) is 5.95 Å². The average Bonchev–Trinajstić information content (AvgIpc) is 3.36. The van der Waals surface area contributed by atoms with Gasteiger partial charge in [-0.1, -0.05) is 66.2 Å². The maximum absolute atomic E-state index is 13.6. The number of para-hydroxylation sites is 1. The van der Waals surface area contributed by atoms with E-state index in [0.29, 0.717) is 28.0 Å². The summed E-state index contributed by atoms with van der Waals surface area (Å²) in [6, 6.07) is 24.1. The number of hydrogen-bond acceptors (Lipinski definition) is 5.